The molecule has 0 aliphatic carbocycles. The summed E-state index contributed by atoms with van der Waals surface area (Å²) in [5.41, 5.74) is 0.725. The number of benzene rings is 1. The van der Waals surface area contributed by atoms with Gasteiger partial charge in [-0.25, -0.2) is 0 Å². The average Bonchev–Trinajstić information content (AvgIpc) is 2.30. The molecule has 1 heterocycles. The zero-order valence-electron chi connectivity index (χ0n) is 5.47. The lowest BCUT2D eigenvalue weighted by molar-refractivity contribution is 0.618. The van der Waals surface area contributed by atoms with E-state index >= 15 is 0 Å². The van der Waals surface area contributed by atoms with Crippen LogP contribution in [-0.4, -0.2) is 0 Å². The summed E-state index contributed by atoms with van der Waals surface area (Å²) in [5, 5.41) is 1.61. The molecule has 2 aromatic rings. The Morgan fingerprint density at radius 1 is 1.09 bits per heavy atom. The van der Waals surface area contributed by atoms with Crippen LogP contribution < -0.4 is 0 Å². The van der Waals surface area contributed by atoms with Gasteiger partial charge in [0.1, 0.15) is 10.6 Å². The summed E-state index contributed by atoms with van der Waals surface area (Å²) in [7, 11) is 0. The lowest BCUT2D eigenvalue weighted by atomic mass is 10.3. The molecule has 11 heavy (non-hydrogen) atoms. The fourth-order valence-corrected chi connectivity index (χ4v) is 1.36. The molecule has 1 aromatic heterocycles. The van der Waals surface area contributed by atoms with Crippen molar-refractivity contribution in [2.24, 2.45) is 0 Å². The molecule has 0 N–H and O–H groups in total. The zero-order valence-corrected chi connectivity index (χ0v) is 6.99. The van der Waals surface area contributed by atoms with Crippen LogP contribution in [0.5, 0.6) is 0 Å². The molecule has 0 fully saturated rings. The maximum absolute atomic E-state index is 5.82. The van der Waals surface area contributed by atoms with Crippen LogP contribution in [0.25, 0.3) is 11.0 Å². The third-order valence-corrected chi connectivity index (χ3v) is 2.23. The molecule has 0 unspecified atom stereocenters. The molecule has 0 bridgehead atoms. The number of halogens is 2. The molecule has 0 saturated heterocycles. The highest BCUT2D eigenvalue weighted by atomic mass is 35.5. The first-order valence-electron chi connectivity index (χ1n) is 3.11. The van der Waals surface area contributed by atoms with Gasteiger partial charge in [-0.1, -0.05) is 23.7 Å². The van der Waals surface area contributed by atoms with Crippen molar-refractivity contribution in [2.75, 3.05) is 0 Å². The minimum atomic E-state index is 0.257. The predicted molar refractivity (Wildman–Crippen MR) is 46.2 cm³/mol. The second kappa shape index (κ2) is 2.43. The molecule has 0 amide bonds. The topological polar surface area (TPSA) is 13.1 Å². The molecule has 0 aliphatic rings. The van der Waals surface area contributed by atoms with Crippen molar-refractivity contribution in [2.45, 2.75) is 0 Å². The summed E-state index contributed by atoms with van der Waals surface area (Å²) in [6.07, 6.45) is 0. The number of furan rings is 1. The molecule has 1 aromatic carbocycles. The van der Waals surface area contributed by atoms with Gasteiger partial charge in [0.2, 0.25) is 5.22 Å². The van der Waals surface area contributed by atoms with E-state index in [1.54, 1.807) is 0 Å². The minimum absolute atomic E-state index is 0.257. The highest BCUT2D eigenvalue weighted by Gasteiger charge is 2.07. The number of hydrogen-bond acceptors (Lipinski definition) is 1. The van der Waals surface area contributed by atoms with Crippen LogP contribution in [0.2, 0.25) is 10.2 Å². The number of rotatable bonds is 0. The first-order chi connectivity index (χ1) is 5.29. The van der Waals surface area contributed by atoms with E-state index in [1.165, 1.54) is 0 Å². The Balaban J connectivity index is 2.92. The molecule has 3 heteroatoms. The van der Waals surface area contributed by atoms with Gasteiger partial charge in [0.15, 0.2) is 0 Å². The van der Waals surface area contributed by atoms with E-state index in [0.29, 0.717) is 5.02 Å². The van der Waals surface area contributed by atoms with Crippen LogP contribution in [0.3, 0.4) is 0 Å². The van der Waals surface area contributed by atoms with Crippen LogP contribution in [-0.2, 0) is 0 Å². The molecule has 1 nitrogen and oxygen atoms in total. The first kappa shape index (κ1) is 7.01. The van der Waals surface area contributed by atoms with E-state index in [9.17, 15) is 0 Å². The summed E-state index contributed by atoms with van der Waals surface area (Å²) in [6.45, 7) is 0. The van der Waals surface area contributed by atoms with Gasteiger partial charge in [0, 0.05) is 5.39 Å². The van der Waals surface area contributed by atoms with Gasteiger partial charge in [-0.2, -0.15) is 0 Å². The molecule has 0 spiro atoms. The van der Waals surface area contributed by atoms with E-state index in [1.807, 2.05) is 24.3 Å². The first-order valence-corrected chi connectivity index (χ1v) is 3.87. The van der Waals surface area contributed by atoms with E-state index < -0.39 is 0 Å². The minimum Gasteiger partial charge on any atom is -0.443 e. The molecule has 2 rings (SSSR count). The summed E-state index contributed by atoms with van der Waals surface area (Å²) >= 11 is 11.5. The predicted octanol–water partition coefficient (Wildman–Crippen LogP) is 3.74. The maximum atomic E-state index is 5.82. The van der Waals surface area contributed by atoms with Crippen molar-refractivity contribution < 1.29 is 4.42 Å². The monoisotopic (exact) mass is 186 g/mol. The molecule has 0 saturated carbocycles. The number of hydrogen-bond donors (Lipinski definition) is 0. The van der Waals surface area contributed by atoms with Crippen LogP contribution in [0.15, 0.2) is 28.7 Å². The fourth-order valence-electron chi connectivity index (χ4n) is 0.984. The van der Waals surface area contributed by atoms with Crippen LogP contribution in [0.4, 0.5) is 0 Å². The Morgan fingerprint density at radius 2 is 1.82 bits per heavy atom. The molecular weight excluding hydrogens is 183 g/mol. The number of fused-ring (bicyclic) bond motifs is 1. The Labute approximate surface area is 73.5 Å². The van der Waals surface area contributed by atoms with E-state index in [4.69, 9.17) is 27.6 Å². The highest BCUT2D eigenvalue weighted by molar-refractivity contribution is 6.44. The standard InChI is InChI=1S/C8H4Cl2O/c9-7-5-3-1-2-4-6(5)11-8(7)10/h1-4H. The molecular formula is C8H4Cl2O. The largest absolute Gasteiger partial charge is 0.443 e. The summed E-state index contributed by atoms with van der Waals surface area (Å²) in [5.74, 6) is 0. The third kappa shape index (κ3) is 1.01. The van der Waals surface area contributed by atoms with E-state index in [2.05, 4.69) is 0 Å². The highest BCUT2D eigenvalue weighted by Crippen LogP contribution is 2.33. The Kier molecular flexibility index (Phi) is 1.55. The average molecular weight is 187 g/mol. The van der Waals surface area contributed by atoms with Crippen molar-refractivity contribution in [3.63, 3.8) is 0 Å². The molecule has 0 atom stereocenters. The maximum Gasteiger partial charge on any atom is 0.213 e. The van der Waals surface area contributed by atoms with Crippen molar-refractivity contribution in [3.8, 4) is 0 Å². The van der Waals surface area contributed by atoms with Crippen LogP contribution >= 0.6 is 23.2 Å². The smallest absolute Gasteiger partial charge is 0.213 e. The Bertz CT molecular complexity index is 392. The second-order valence-corrected chi connectivity index (χ2v) is 2.91. The Hall–Kier alpha value is -0.660. The third-order valence-electron chi connectivity index (χ3n) is 1.50. The Morgan fingerprint density at radius 3 is 2.55 bits per heavy atom. The molecule has 56 valence electrons. The van der Waals surface area contributed by atoms with Crippen LogP contribution in [0.1, 0.15) is 0 Å². The second-order valence-electron chi connectivity index (χ2n) is 2.19. The van der Waals surface area contributed by atoms with Crippen molar-refractivity contribution in [1.29, 1.82) is 0 Å². The van der Waals surface area contributed by atoms with E-state index in [-0.39, 0.29) is 5.22 Å². The van der Waals surface area contributed by atoms with Gasteiger partial charge in [0.05, 0.1) is 0 Å². The van der Waals surface area contributed by atoms with E-state index in [0.717, 1.165) is 11.0 Å². The van der Waals surface area contributed by atoms with Crippen molar-refractivity contribution in [3.05, 3.63) is 34.5 Å². The number of para-hydroxylation sites is 1. The quantitative estimate of drug-likeness (QED) is 0.612. The van der Waals surface area contributed by atoms with Crippen molar-refractivity contribution >= 4 is 34.2 Å². The van der Waals surface area contributed by atoms with Gasteiger partial charge in [-0.05, 0) is 23.7 Å². The van der Waals surface area contributed by atoms with Gasteiger partial charge < -0.3 is 4.42 Å². The van der Waals surface area contributed by atoms with Gasteiger partial charge in [-0.15, -0.1) is 0 Å². The summed E-state index contributed by atoms with van der Waals surface area (Å²) in [4.78, 5) is 0. The zero-order chi connectivity index (χ0) is 7.84. The normalized spacial score (nSPS) is 10.7. The van der Waals surface area contributed by atoms with Gasteiger partial charge in [-0.3, -0.25) is 0 Å². The fraction of sp³-hybridized carbons (Fsp3) is 0. The SMILES string of the molecule is Clc1oc2ccccc2c1Cl. The van der Waals surface area contributed by atoms with Crippen molar-refractivity contribution in [1.82, 2.24) is 0 Å². The molecule has 0 radical (unpaired) electrons. The molecule has 0 aliphatic heterocycles. The van der Waals surface area contributed by atoms with Crippen LogP contribution in [0, 0.1) is 0 Å². The van der Waals surface area contributed by atoms with Gasteiger partial charge >= 0.3 is 0 Å². The van der Waals surface area contributed by atoms with Gasteiger partial charge in [0.25, 0.3) is 0 Å². The summed E-state index contributed by atoms with van der Waals surface area (Å²) in [6, 6.07) is 7.46. The lowest BCUT2D eigenvalue weighted by Crippen LogP contribution is -1.60. The lowest BCUT2D eigenvalue weighted by Gasteiger charge is -1.83. The summed E-state index contributed by atoms with van der Waals surface area (Å²) < 4.78 is 5.13.